The highest BCUT2D eigenvalue weighted by Gasteiger charge is 2.32. The van der Waals surface area contributed by atoms with Gasteiger partial charge in [-0.05, 0) is 18.1 Å². The molecule has 1 aromatic rings. The van der Waals surface area contributed by atoms with Crippen LogP contribution in [0.2, 0.25) is 0 Å². The van der Waals surface area contributed by atoms with E-state index in [0.29, 0.717) is 12.1 Å². The molecule has 2 rings (SSSR count). The minimum atomic E-state index is -2.97. The number of para-hydroxylation sites is 1. The van der Waals surface area contributed by atoms with Crippen LogP contribution in [0.5, 0.6) is 0 Å². The number of nitrogen functional groups attached to an aromatic ring is 1. The van der Waals surface area contributed by atoms with Crippen LogP contribution in [0.15, 0.2) is 24.3 Å². The van der Waals surface area contributed by atoms with Gasteiger partial charge in [-0.15, -0.1) is 0 Å². The molecule has 1 aromatic carbocycles. The van der Waals surface area contributed by atoms with Crippen LogP contribution < -0.4 is 5.73 Å². The molecule has 5 nitrogen and oxygen atoms in total. The number of amides is 1. The maximum absolute atomic E-state index is 12.1. The monoisotopic (exact) mass is 282 g/mol. The lowest BCUT2D eigenvalue weighted by Gasteiger charge is -2.23. The van der Waals surface area contributed by atoms with E-state index < -0.39 is 9.84 Å². The summed E-state index contributed by atoms with van der Waals surface area (Å²) in [5.74, 6) is 0.141. The molecule has 0 radical (unpaired) electrons. The van der Waals surface area contributed by atoms with Crippen LogP contribution in [-0.4, -0.2) is 43.8 Å². The molecule has 0 spiro atoms. The summed E-state index contributed by atoms with van der Waals surface area (Å²) in [6.45, 7) is 0. The molecule has 1 unspecified atom stereocenters. The van der Waals surface area contributed by atoms with Gasteiger partial charge in [0, 0.05) is 18.8 Å². The SMILES string of the molecule is CN(C(=O)Cc1ccccc1N)C1CCS(=O)(=O)C1. The molecule has 104 valence electrons. The number of likely N-dealkylation sites (N-methyl/N-ethyl adjacent to an activating group) is 1. The van der Waals surface area contributed by atoms with E-state index >= 15 is 0 Å². The summed E-state index contributed by atoms with van der Waals surface area (Å²) in [6.07, 6.45) is 0.731. The third-order valence-electron chi connectivity index (χ3n) is 3.55. The number of hydrogen-bond donors (Lipinski definition) is 1. The zero-order chi connectivity index (χ0) is 14.0. The van der Waals surface area contributed by atoms with Gasteiger partial charge >= 0.3 is 0 Å². The summed E-state index contributed by atoms with van der Waals surface area (Å²) in [5, 5.41) is 0. The fourth-order valence-electron chi connectivity index (χ4n) is 2.27. The third kappa shape index (κ3) is 3.26. The van der Waals surface area contributed by atoms with E-state index in [0.717, 1.165) is 5.56 Å². The number of rotatable bonds is 3. The highest BCUT2D eigenvalue weighted by Crippen LogP contribution is 2.18. The molecule has 1 saturated heterocycles. The van der Waals surface area contributed by atoms with Gasteiger partial charge in [-0.2, -0.15) is 0 Å². The van der Waals surface area contributed by atoms with E-state index in [1.54, 1.807) is 13.1 Å². The minimum absolute atomic E-state index is 0.0690. The molecule has 1 heterocycles. The summed E-state index contributed by atoms with van der Waals surface area (Å²) in [6, 6.07) is 7.01. The van der Waals surface area contributed by atoms with Crippen molar-refractivity contribution in [1.29, 1.82) is 0 Å². The van der Waals surface area contributed by atoms with Gasteiger partial charge in [0.1, 0.15) is 0 Å². The van der Waals surface area contributed by atoms with E-state index in [-0.39, 0.29) is 29.9 Å². The van der Waals surface area contributed by atoms with Crippen LogP contribution in [0.1, 0.15) is 12.0 Å². The first-order valence-electron chi connectivity index (χ1n) is 6.18. The average molecular weight is 282 g/mol. The number of carbonyl (C=O) groups is 1. The van der Waals surface area contributed by atoms with Crippen molar-refractivity contribution in [2.24, 2.45) is 0 Å². The number of sulfone groups is 1. The summed E-state index contributed by atoms with van der Waals surface area (Å²) in [5.41, 5.74) is 7.16. The normalized spacial score (nSPS) is 21.2. The van der Waals surface area contributed by atoms with E-state index in [9.17, 15) is 13.2 Å². The summed E-state index contributed by atoms with van der Waals surface area (Å²) in [4.78, 5) is 13.7. The van der Waals surface area contributed by atoms with E-state index in [2.05, 4.69) is 0 Å². The molecule has 1 aliphatic rings. The van der Waals surface area contributed by atoms with Crippen molar-refractivity contribution in [1.82, 2.24) is 4.90 Å². The first kappa shape index (κ1) is 13.9. The Bertz CT molecular complexity index is 583. The summed E-state index contributed by atoms with van der Waals surface area (Å²) < 4.78 is 22.8. The van der Waals surface area contributed by atoms with E-state index in [4.69, 9.17) is 5.73 Å². The molecular formula is C13H18N2O3S. The maximum atomic E-state index is 12.1. The molecule has 0 aromatic heterocycles. The Hall–Kier alpha value is -1.56. The minimum Gasteiger partial charge on any atom is -0.398 e. The molecule has 1 amide bonds. The predicted molar refractivity (Wildman–Crippen MR) is 74.4 cm³/mol. The Balaban J connectivity index is 2.03. The van der Waals surface area contributed by atoms with Crippen LogP contribution in [-0.2, 0) is 21.1 Å². The number of nitrogens with zero attached hydrogens (tertiary/aromatic N) is 1. The average Bonchev–Trinajstić information content (AvgIpc) is 2.71. The van der Waals surface area contributed by atoms with Crippen molar-refractivity contribution >= 4 is 21.4 Å². The number of carbonyl (C=O) groups excluding carboxylic acids is 1. The Morgan fingerprint density at radius 1 is 1.42 bits per heavy atom. The lowest BCUT2D eigenvalue weighted by Crippen LogP contribution is -2.38. The first-order valence-corrected chi connectivity index (χ1v) is 8.00. The second-order valence-corrected chi connectivity index (χ2v) is 7.17. The zero-order valence-electron chi connectivity index (χ0n) is 10.9. The molecular weight excluding hydrogens is 264 g/mol. The summed E-state index contributed by atoms with van der Waals surface area (Å²) in [7, 11) is -1.31. The molecule has 6 heteroatoms. The predicted octanol–water partition coefficient (Wildman–Crippen LogP) is 0.457. The van der Waals surface area contributed by atoms with Crippen molar-refractivity contribution in [2.75, 3.05) is 24.3 Å². The van der Waals surface area contributed by atoms with Crippen molar-refractivity contribution in [3.63, 3.8) is 0 Å². The summed E-state index contributed by atoms with van der Waals surface area (Å²) >= 11 is 0. The number of benzene rings is 1. The fourth-order valence-corrected chi connectivity index (χ4v) is 4.04. The quantitative estimate of drug-likeness (QED) is 0.817. The molecule has 1 fully saturated rings. The highest BCUT2D eigenvalue weighted by atomic mass is 32.2. The van der Waals surface area contributed by atoms with E-state index in [1.165, 1.54) is 4.90 Å². The van der Waals surface area contributed by atoms with E-state index in [1.807, 2.05) is 18.2 Å². The fraction of sp³-hybridized carbons (Fsp3) is 0.462. The van der Waals surface area contributed by atoms with Crippen molar-refractivity contribution < 1.29 is 13.2 Å². The number of hydrogen-bond acceptors (Lipinski definition) is 4. The molecule has 0 aliphatic carbocycles. The Labute approximate surface area is 113 Å². The van der Waals surface area contributed by atoms with Crippen LogP contribution >= 0.6 is 0 Å². The van der Waals surface area contributed by atoms with Gasteiger partial charge in [0.05, 0.1) is 17.9 Å². The van der Waals surface area contributed by atoms with Crippen molar-refractivity contribution in [2.45, 2.75) is 18.9 Å². The second kappa shape index (κ2) is 5.21. The Kier molecular flexibility index (Phi) is 3.80. The van der Waals surface area contributed by atoms with Crippen molar-refractivity contribution in [3.8, 4) is 0 Å². The number of nitrogens with two attached hydrogens (primary N) is 1. The zero-order valence-corrected chi connectivity index (χ0v) is 11.7. The lowest BCUT2D eigenvalue weighted by molar-refractivity contribution is -0.130. The van der Waals surface area contributed by atoms with Gasteiger partial charge in [0.15, 0.2) is 9.84 Å². The van der Waals surface area contributed by atoms with Crippen LogP contribution in [0, 0.1) is 0 Å². The molecule has 0 saturated carbocycles. The van der Waals surface area contributed by atoms with Crippen molar-refractivity contribution in [3.05, 3.63) is 29.8 Å². The van der Waals surface area contributed by atoms with Gasteiger partial charge in [-0.1, -0.05) is 18.2 Å². The van der Waals surface area contributed by atoms with Gasteiger partial charge in [0.25, 0.3) is 0 Å². The molecule has 1 aliphatic heterocycles. The topological polar surface area (TPSA) is 80.5 Å². The van der Waals surface area contributed by atoms with Gasteiger partial charge < -0.3 is 10.6 Å². The molecule has 0 bridgehead atoms. The first-order chi connectivity index (χ1) is 8.89. The molecule has 19 heavy (non-hydrogen) atoms. The smallest absolute Gasteiger partial charge is 0.227 e. The Morgan fingerprint density at radius 3 is 2.68 bits per heavy atom. The lowest BCUT2D eigenvalue weighted by atomic mass is 10.1. The highest BCUT2D eigenvalue weighted by molar-refractivity contribution is 7.91. The second-order valence-electron chi connectivity index (χ2n) is 4.94. The molecule has 1 atom stereocenters. The largest absolute Gasteiger partial charge is 0.398 e. The standard InChI is InChI=1S/C13H18N2O3S/c1-15(11-6-7-19(17,18)9-11)13(16)8-10-4-2-3-5-12(10)14/h2-5,11H,6-9,14H2,1H3. The van der Waals surface area contributed by atoms with Gasteiger partial charge in [-0.25, -0.2) is 8.42 Å². The number of anilines is 1. The maximum Gasteiger partial charge on any atom is 0.227 e. The van der Waals surface area contributed by atoms with Gasteiger partial charge in [-0.3, -0.25) is 4.79 Å². The Morgan fingerprint density at radius 2 is 2.11 bits per heavy atom. The van der Waals surface area contributed by atoms with Crippen LogP contribution in [0.25, 0.3) is 0 Å². The third-order valence-corrected chi connectivity index (χ3v) is 5.30. The van der Waals surface area contributed by atoms with Crippen LogP contribution in [0.3, 0.4) is 0 Å². The van der Waals surface area contributed by atoms with Crippen LogP contribution in [0.4, 0.5) is 5.69 Å². The molecule has 2 N–H and O–H groups in total. The van der Waals surface area contributed by atoms with Gasteiger partial charge in [0.2, 0.25) is 5.91 Å².